The predicted octanol–water partition coefficient (Wildman–Crippen LogP) is 2.73. The number of amides is 2. The minimum absolute atomic E-state index is 0.0683. The number of likely N-dealkylation sites (N-methyl/N-ethyl adjacent to an activating group) is 1. The Labute approximate surface area is 163 Å². The van der Waals surface area contributed by atoms with Crippen LogP contribution in [0.15, 0.2) is 30.3 Å². The number of carbonyl (C=O) groups excluding carboxylic acids is 2. The first kappa shape index (κ1) is 19.9. The lowest BCUT2D eigenvalue weighted by molar-refractivity contribution is -0.133. The minimum Gasteiger partial charge on any atom is -0.341 e. The van der Waals surface area contributed by atoms with E-state index in [2.05, 4.69) is 11.8 Å². The van der Waals surface area contributed by atoms with Crippen molar-refractivity contribution in [3.05, 3.63) is 35.9 Å². The number of hydrogen-bond acceptors (Lipinski definition) is 3. The van der Waals surface area contributed by atoms with Crippen molar-refractivity contribution < 1.29 is 9.59 Å². The largest absolute Gasteiger partial charge is 0.341 e. The van der Waals surface area contributed by atoms with Crippen LogP contribution < -0.4 is 0 Å². The van der Waals surface area contributed by atoms with Crippen molar-refractivity contribution in [3.63, 3.8) is 0 Å². The van der Waals surface area contributed by atoms with Gasteiger partial charge in [-0.05, 0) is 62.7 Å². The Kier molecular flexibility index (Phi) is 6.89. The van der Waals surface area contributed by atoms with Crippen LogP contribution in [0.3, 0.4) is 0 Å². The molecule has 2 amide bonds. The van der Waals surface area contributed by atoms with Crippen LogP contribution in [-0.4, -0.2) is 72.8 Å². The van der Waals surface area contributed by atoms with Gasteiger partial charge in [0.05, 0.1) is 6.54 Å². The van der Waals surface area contributed by atoms with Gasteiger partial charge in [0.15, 0.2) is 0 Å². The molecule has 5 nitrogen and oxygen atoms in total. The van der Waals surface area contributed by atoms with E-state index >= 15 is 0 Å². The maximum Gasteiger partial charge on any atom is 0.254 e. The standard InChI is InChI=1S/C22H33N3O2/c1-18-10-13-24(14-11-18)15-19-7-6-12-25(16-19)21(26)17-23(2)22(27)20-8-4-3-5-9-20/h3-5,8-9,18-19H,6-7,10-17H2,1-2H3. The van der Waals surface area contributed by atoms with Crippen LogP contribution >= 0.6 is 0 Å². The van der Waals surface area contributed by atoms with Crippen LogP contribution in [0.2, 0.25) is 0 Å². The van der Waals surface area contributed by atoms with Gasteiger partial charge in [0.25, 0.3) is 5.91 Å². The number of nitrogens with zero attached hydrogens (tertiary/aromatic N) is 3. The molecule has 1 aromatic carbocycles. The molecule has 2 aliphatic heterocycles. The van der Waals surface area contributed by atoms with Gasteiger partial charge in [-0.2, -0.15) is 0 Å². The molecule has 0 N–H and O–H groups in total. The van der Waals surface area contributed by atoms with Crippen molar-refractivity contribution in [2.75, 3.05) is 46.3 Å². The van der Waals surface area contributed by atoms with E-state index in [4.69, 9.17) is 0 Å². The molecule has 1 aromatic rings. The zero-order valence-electron chi connectivity index (χ0n) is 16.8. The molecule has 5 heteroatoms. The summed E-state index contributed by atoms with van der Waals surface area (Å²) in [6.07, 6.45) is 4.86. The highest BCUT2D eigenvalue weighted by molar-refractivity contribution is 5.96. The third-order valence-electron chi connectivity index (χ3n) is 6.00. The molecule has 2 aliphatic rings. The lowest BCUT2D eigenvalue weighted by Gasteiger charge is -2.38. The van der Waals surface area contributed by atoms with E-state index in [0.717, 1.165) is 32.0 Å². The molecule has 2 heterocycles. The SMILES string of the molecule is CC1CCN(CC2CCCN(C(=O)CN(C)C(=O)c3ccccc3)C2)CC1. The van der Waals surface area contributed by atoms with Gasteiger partial charge in [0.2, 0.25) is 5.91 Å². The van der Waals surface area contributed by atoms with Gasteiger partial charge in [0, 0.05) is 32.2 Å². The average Bonchev–Trinajstić information content (AvgIpc) is 2.70. The van der Waals surface area contributed by atoms with E-state index in [0.29, 0.717) is 11.5 Å². The second-order valence-electron chi connectivity index (χ2n) is 8.36. The maximum absolute atomic E-state index is 12.7. The van der Waals surface area contributed by atoms with Crippen LogP contribution in [0, 0.1) is 11.8 Å². The molecule has 0 bridgehead atoms. The Morgan fingerprint density at radius 1 is 1.07 bits per heavy atom. The Morgan fingerprint density at radius 2 is 1.78 bits per heavy atom. The average molecular weight is 372 g/mol. The number of likely N-dealkylation sites (tertiary alicyclic amines) is 2. The zero-order valence-corrected chi connectivity index (χ0v) is 16.8. The molecular formula is C22H33N3O2. The van der Waals surface area contributed by atoms with E-state index < -0.39 is 0 Å². The summed E-state index contributed by atoms with van der Waals surface area (Å²) >= 11 is 0. The summed E-state index contributed by atoms with van der Waals surface area (Å²) in [6, 6.07) is 9.16. The highest BCUT2D eigenvalue weighted by Gasteiger charge is 2.27. The number of benzene rings is 1. The zero-order chi connectivity index (χ0) is 19.2. The Morgan fingerprint density at radius 3 is 2.48 bits per heavy atom. The van der Waals surface area contributed by atoms with Crippen LogP contribution in [0.5, 0.6) is 0 Å². The van der Waals surface area contributed by atoms with Crippen molar-refractivity contribution in [2.24, 2.45) is 11.8 Å². The van der Waals surface area contributed by atoms with Crippen LogP contribution in [0.1, 0.15) is 43.0 Å². The van der Waals surface area contributed by atoms with E-state index in [1.54, 1.807) is 19.2 Å². The molecule has 0 spiro atoms. The number of piperidine rings is 2. The first-order valence-electron chi connectivity index (χ1n) is 10.3. The van der Waals surface area contributed by atoms with Crippen molar-refractivity contribution in [1.82, 2.24) is 14.7 Å². The van der Waals surface area contributed by atoms with Gasteiger partial charge < -0.3 is 14.7 Å². The normalized spacial score (nSPS) is 21.9. The minimum atomic E-state index is -0.0973. The Bertz CT molecular complexity index is 626. The Hall–Kier alpha value is -1.88. The number of hydrogen-bond donors (Lipinski definition) is 0. The van der Waals surface area contributed by atoms with E-state index in [9.17, 15) is 9.59 Å². The van der Waals surface area contributed by atoms with Crippen molar-refractivity contribution >= 4 is 11.8 Å². The van der Waals surface area contributed by atoms with Gasteiger partial charge in [-0.15, -0.1) is 0 Å². The second-order valence-corrected chi connectivity index (χ2v) is 8.36. The highest BCUT2D eigenvalue weighted by atomic mass is 16.2. The van der Waals surface area contributed by atoms with Gasteiger partial charge in [-0.25, -0.2) is 0 Å². The summed E-state index contributed by atoms with van der Waals surface area (Å²) < 4.78 is 0. The number of carbonyl (C=O) groups is 2. The van der Waals surface area contributed by atoms with Gasteiger partial charge in [0.1, 0.15) is 0 Å². The predicted molar refractivity (Wildman–Crippen MR) is 108 cm³/mol. The summed E-state index contributed by atoms with van der Waals surface area (Å²) in [6.45, 7) is 7.64. The highest BCUT2D eigenvalue weighted by Crippen LogP contribution is 2.22. The fraction of sp³-hybridized carbons (Fsp3) is 0.636. The van der Waals surface area contributed by atoms with Gasteiger partial charge >= 0.3 is 0 Å². The molecular weight excluding hydrogens is 338 g/mol. The monoisotopic (exact) mass is 371 g/mol. The van der Waals surface area contributed by atoms with Crippen LogP contribution in [0.25, 0.3) is 0 Å². The molecule has 27 heavy (non-hydrogen) atoms. The first-order valence-corrected chi connectivity index (χ1v) is 10.3. The quantitative estimate of drug-likeness (QED) is 0.799. The molecule has 0 aromatic heterocycles. The van der Waals surface area contributed by atoms with Crippen molar-refractivity contribution in [3.8, 4) is 0 Å². The van der Waals surface area contributed by atoms with Gasteiger partial charge in [-0.3, -0.25) is 9.59 Å². The maximum atomic E-state index is 12.7. The summed E-state index contributed by atoms with van der Waals surface area (Å²) in [5, 5.41) is 0. The molecule has 1 atom stereocenters. The van der Waals surface area contributed by atoms with Gasteiger partial charge in [-0.1, -0.05) is 25.1 Å². The van der Waals surface area contributed by atoms with Crippen LogP contribution in [-0.2, 0) is 4.79 Å². The summed E-state index contributed by atoms with van der Waals surface area (Å²) in [5.41, 5.74) is 0.628. The molecule has 0 aliphatic carbocycles. The van der Waals surface area contributed by atoms with Crippen molar-refractivity contribution in [2.45, 2.75) is 32.6 Å². The molecule has 2 fully saturated rings. The summed E-state index contributed by atoms with van der Waals surface area (Å²) in [4.78, 5) is 31.3. The molecule has 0 radical (unpaired) electrons. The van der Waals surface area contributed by atoms with E-state index in [-0.39, 0.29) is 18.4 Å². The molecule has 1 unspecified atom stereocenters. The Balaban J connectivity index is 1.48. The number of rotatable bonds is 5. The topological polar surface area (TPSA) is 43.9 Å². The second kappa shape index (κ2) is 9.36. The third-order valence-corrected chi connectivity index (χ3v) is 6.00. The lowest BCUT2D eigenvalue weighted by atomic mass is 9.94. The summed E-state index contributed by atoms with van der Waals surface area (Å²) in [7, 11) is 1.71. The van der Waals surface area contributed by atoms with Crippen molar-refractivity contribution in [1.29, 1.82) is 0 Å². The first-order chi connectivity index (χ1) is 13.0. The van der Waals surface area contributed by atoms with E-state index in [1.165, 1.54) is 37.3 Å². The summed E-state index contributed by atoms with van der Waals surface area (Å²) in [5.74, 6) is 1.38. The molecule has 148 valence electrons. The van der Waals surface area contributed by atoms with Crippen LogP contribution in [0.4, 0.5) is 0 Å². The smallest absolute Gasteiger partial charge is 0.254 e. The molecule has 0 saturated carbocycles. The third kappa shape index (κ3) is 5.55. The molecule has 2 saturated heterocycles. The lowest BCUT2D eigenvalue weighted by Crippen LogP contribution is -2.48. The van der Waals surface area contributed by atoms with E-state index in [1.807, 2.05) is 23.1 Å². The molecule has 3 rings (SSSR count). The fourth-order valence-electron chi connectivity index (χ4n) is 4.23. The fourth-order valence-corrected chi connectivity index (χ4v) is 4.23.